The van der Waals surface area contributed by atoms with Crippen molar-refractivity contribution < 1.29 is 4.39 Å². The Morgan fingerprint density at radius 3 is 2.94 bits per heavy atom. The molecule has 0 aromatic heterocycles. The normalized spacial score (nSPS) is 32.5. The van der Waals surface area contributed by atoms with Gasteiger partial charge >= 0.3 is 0 Å². The van der Waals surface area contributed by atoms with Crippen LogP contribution < -0.4 is 5.32 Å². The van der Waals surface area contributed by atoms with Crippen molar-refractivity contribution in [3.63, 3.8) is 0 Å². The zero-order chi connectivity index (χ0) is 11.1. The molecule has 0 spiro atoms. The first kappa shape index (κ1) is 10.1. The average molecular weight is 219 g/mol. The maximum absolute atomic E-state index is 13.3. The van der Waals surface area contributed by atoms with Gasteiger partial charge in [0.1, 0.15) is 5.82 Å². The van der Waals surface area contributed by atoms with E-state index in [-0.39, 0.29) is 5.82 Å². The summed E-state index contributed by atoms with van der Waals surface area (Å²) in [6.45, 7) is 3.32. The fourth-order valence-corrected chi connectivity index (χ4v) is 3.37. The van der Waals surface area contributed by atoms with Gasteiger partial charge in [-0.25, -0.2) is 4.39 Å². The molecule has 3 rings (SSSR count). The summed E-state index contributed by atoms with van der Waals surface area (Å²) >= 11 is 0. The lowest BCUT2D eigenvalue weighted by molar-refractivity contribution is 0.441. The molecule has 3 unspecified atom stereocenters. The number of benzene rings is 1. The molecule has 1 aromatic carbocycles. The first-order valence-corrected chi connectivity index (χ1v) is 6.27. The van der Waals surface area contributed by atoms with Crippen molar-refractivity contribution in [2.75, 3.05) is 11.9 Å². The van der Waals surface area contributed by atoms with E-state index in [2.05, 4.69) is 12.2 Å². The van der Waals surface area contributed by atoms with Gasteiger partial charge in [-0.05, 0) is 48.4 Å². The molecule has 1 N–H and O–H groups in total. The van der Waals surface area contributed by atoms with Gasteiger partial charge in [-0.2, -0.15) is 0 Å². The van der Waals surface area contributed by atoms with Crippen molar-refractivity contribution in [3.05, 3.63) is 29.6 Å². The Labute approximate surface area is 96.1 Å². The SMILES string of the molecule is CC1CCC(C2CNc3ccc(F)cc32)C1. The number of rotatable bonds is 1. The Morgan fingerprint density at radius 1 is 1.31 bits per heavy atom. The summed E-state index contributed by atoms with van der Waals surface area (Å²) in [5.41, 5.74) is 2.35. The lowest BCUT2D eigenvalue weighted by Crippen LogP contribution is -2.12. The van der Waals surface area contributed by atoms with E-state index in [1.165, 1.54) is 24.8 Å². The highest BCUT2D eigenvalue weighted by Crippen LogP contribution is 2.45. The van der Waals surface area contributed by atoms with E-state index >= 15 is 0 Å². The second-order valence-electron chi connectivity index (χ2n) is 5.40. The van der Waals surface area contributed by atoms with E-state index in [0.29, 0.717) is 5.92 Å². The summed E-state index contributed by atoms with van der Waals surface area (Å²) in [6, 6.07) is 5.15. The molecule has 3 atom stereocenters. The van der Waals surface area contributed by atoms with Crippen LogP contribution in [0.2, 0.25) is 0 Å². The van der Waals surface area contributed by atoms with E-state index in [4.69, 9.17) is 0 Å². The third-order valence-electron chi connectivity index (χ3n) is 4.23. The number of hydrogen-bond donors (Lipinski definition) is 1. The molecule has 0 saturated heterocycles. The molecule has 2 aliphatic rings. The number of halogens is 1. The smallest absolute Gasteiger partial charge is 0.123 e. The zero-order valence-corrected chi connectivity index (χ0v) is 9.67. The van der Waals surface area contributed by atoms with E-state index in [9.17, 15) is 4.39 Å². The maximum atomic E-state index is 13.3. The predicted octanol–water partition coefficient (Wildman–Crippen LogP) is 3.77. The van der Waals surface area contributed by atoms with Crippen LogP contribution in [-0.2, 0) is 0 Å². The quantitative estimate of drug-likeness (QED) is 0.758. The second kappa shape index (κ2) is 3.76. The van der Waals surface area contributed by atoms with Gasteiger partial charge in [0.25, 0.3) is 0 Å². The van der Waals surface area contributed by atoms with E-state index < -0.39 is 0 Å². The van der Waals surface area contributed by atoms with Gasteiger partial charge < -0.3 is 5.32 Å². The first-order chi connectivity index (χ1) is 7.74. The molecule has 86 valence electrons. The predicted molar refractivity (Wildman–Crippen MR) is 64.1 cm³/mol. The van der Waals surface area contributed by atoms with Crippen molar-refractivity contribution in [1.29, 1.82) is 0 Å². The minimum Gasteiger partial charge on any atom is -0.384 e. The molecule has 0 radical (unpaired) electrons. The number of nitrogens with one attached hydrogen (secondary N) is 1. The van der Waals surface area contributed by atoms with Crippen LogP contribution in [-0.4, -0.2) is 6.54 Å². The van der Waals surface area contributed by atoms with Gasteiger partial charge in [0.15, 0.2) is 0 Å². The van der Waals surface area contributed by atoms with Gasteiger partial charge in [-0.1, -0.05) is 13.3 Å². The largest absolute Gasteiger partial charge is 0.384 e. The zero-order valence-electron chi connectivity index (χ0n) is 9.67. The summed E-state index contributed by atoms with van der Waals surface area (Å²) in [4.78, 5) is 0. The third kappa shape index (κ3) is 1.60. The van der Waals surface area contributed by atoms with Gasteiger partial charge in [-0.3, -0.25) is 0 Å². The van der Waals surface area contributed by atoms with Crippen molar-refractivity contribution in [3.8, 4) is 0 Å². The molecule has 1 nitrogen and oxygen atoms in total. The molecule has 0 bridgehead atoms. The van der Waals surface area contributed by atoms with Crippen LogP contribution in [0.25, 0.3) is 0 Å². The second-order valence-corrected chi connectivity index (χ2v) is 5.40. The molecule has 0 amide bonds. The Balaban J connectivity index is 1.88. The molecule has 16 heavy (non-hydrogen) atoms. The molecule has 1 heterocycles. The molecule has 1 aromatic rings. The highest BCUT2D eigenvalue weighted by Gasteiger charge is 2.33. The molecular weight excluding hydrogens is 201 g/mol. The summed E-state index contributed by atoms with van der Waals surface area (Å²) < 4.78 is 13.3. The van der Waals surface area contributed by atoms with Crippen LogP contribution >= 0.6 is 0 Å². The summed E-state index contributed by atoms with van der Waals surface area (Å²) in [5, 5.41) is 3.40. The van der Waals surface area contributed by atoms with Crippen LogP contribution in [0, 0.1) is 17.7 Å². The summed E-state index contributed by atoms with van der Waals surface area (Å²) in [5.74, 6) is 2.04. The van der Waals surface area contributed by atoms with Crippen molar-refractivity contribution >= 4 is 5.69 Å². The molecule has 1 aliphatic carbocycles. The first-order valence-electron chi connectivity index (χ1n) is 6.27. The Bertz CT molecular complexity index is 402. The Hall–Kier alpha value is -1.05. The third-order valence-corrected chi connectivity index (χ3v) is 4.23. The van der Waals surface area contributed by atoms with Crippen molar-refractivity contribution in [2.24, 2.45) is 11.8 Å². The number of anilines is 1. The lowest BCUT2D eigenvalue weighted by atomic mass is 9.86. The molecule has 1 aliphatic heterocycles. The average Bonchev–Trinajstić information content (AvgIpc) is 2.83. The fraction of sp³-hybridized carbons (Fsp3) is 0.571. The molecule has 1 saturated carbocycles. The highest BCUT2D eigenvalue weighted by molar-refractivity contribution is 5.58. The van der Waals surface area contributed by atoms with Crippen molar-refractivity contribution in [1.82, 2.24) is 0 Å². The topological polar surface area (TPSA) is 12.0 Å². The number of fused-ring (bicyclic) bond motifs is 1. The highest BCUT2D eigenvalue weighted by atomic mass is 19.1. The van der Waals surface area contributed by atoms with E-state index in [1.807, 2.05) is 6.07 Å². The molecule has 1 fully saturated rings. The lowest BCUT2D eigenvalue weighted by Gasteiger charge is -2.18. The van der Waals surface area contributed by atoms with Crippen LogP contribution in [0.15, 0.2) is 18.2 Å². The minimum absolute atomic E-state index is 0.0986. The standard InChI is InChI=1S/C14H18FN/c1-9-2-3-10(6-9)13-8-16-14-5-4-11(15)7-12(13)14/h4-5,7,9-10,13,16H,2-3,6,8H2,1H3. The van der Waals surface area contributed by atoms with E-state index in [0.717, 1.165) is 24.1 Å². The fourth-order valence-electron chi connectivity index (χ4n) is 3.37. The summed E-state index contributed by atoms with van der Waals surface area (Å²) in [7, 11) is 0. The van der Waals surface area contributed by atoms with Gasteiger partial charge in [0.2, 0.25) is 0 Å². The minimum atomic E-state index is -0.0986. The van der Waals surface area contributed by atoms with E-state index in [1.54, 1.807) is 12.1 Å². The van der Waals surface area contributed by atoms with Crippen LogP contribution in [0.1, 0.15) is 37.7 Å². The van der Waals surface area contributed by atoms with Gasteiger partial charge in [-0.15, -0.1) is 0 Å². The van der Waals surface area contributed by atoms with Crippen molar-refractivity contribution in [2.45, 2.75) is 32.1 Å². The summed E-state index contributed by atoms with van der Waals surface area (Å²) in [6.07, 6.45) is 3.96. The van der Waals surface area contributed by atoms with Gasteiger partial charge in [0, 0.05) is 18.2 Å². The molecular formula is C14H18FN. The van der Waals surface area contributed by atoms with Gasteiger partial charge in [0.05, 0.1) is 0 Å². The Kier molecular flexibility index (Phi) is 2.38. The number of hydrogen-bond acceptors (Lipinski definition) is 1. The molecule has 2 heteroatoms. The maximum Gasteiger partial charge on any atom is 0.123 e. The van der Waals surface area contributed by atoms with Crippen LogP contribution in [0.3, 0.4) is 0 Å². The Morgan fingerprint density at radius 2 is 2.19 bits per heavy atom. The van der Waals surface area contributed by atoms with Crippen LogP contribution in [0.5, 0.6) is 0 Å². The monoisotopic (exact) mass is 219 g/mol. The van der Waals surface area contributed by atoms with Crippen LogP contribution in [0.4, 0.5) is 10.1 Å².